The number of fused-ring (bicyclic) bond motifs is 1. The van der Waals surface area contributed by atoms with E-state index in [1.54, 1.807) is 42.5 Å². The Morgan fingerprint density at radius 1 is 1.16 bits per heavy atom. The Kier molecular flexibility index (Phi) is 4.61. The van der Waals surface area contributed by atoms with Gasteiger partial charge in [-0.05, 0) is 30.7 Å². The molecule has 128 valence electrons. The molecule has 3 rings (SSSR count). The monoisotopic (exact) mass is 337 g/mol. The van der Waals surface area contributed by atoms with E-state index in [2.05, 4.69) is 4.98 Å². The first-order chi connectivity index (χ1) is 12.0. The van der Waals surface area contributed by atoms with Crippen LogP contribution >= 0.6 is 0 Å². The van der Waals surface area contributed by atoms with Crippen LogP contribution in [0.15, 0.2) is 42.7 Å². The van der Waals surface area contributed by atoms with Crippen LogP contribution in [-0.2, 0) is 11.3 Å². The van der Waals surface area contributed by atoms with E-state index in [0.29, 0.717) is 17.7 Å². The van der Waals surface area contributed by atoms with Crippen molar-refractivity contribution < 1.29 is 14.4 Å². The van der Waals surface area contributed by atoms with E-state index in [0.717, 1.165) is 16.0 Å². The first kappa shape index (κ1) is 16.8. The van der Waals surface area contributed by atoms with Crippen LogP contribution < -0.4 is 0 Å². The van der Waals surface area contributed by atoms with Crippen LogP contribution in [0.25, 0.3) is 0 Å². The molecule has 0 aliphatic carbocycles. The van der Waals surface area contributed by atoms with E-state index >= 15 is 0 Å². The molecule has 0 N–H and O–H groups in total. The minimum Gasteiger partial charge on any atom is -0.341 e. The molecule has 1 aliphatic heterocycles. The van der Waals surface area contributed by atoms with Crippen LogP contribution in [0, 0.1) is 6.92 Å². The fraction of sp³-hybridized carbons (Fsp3) is 0.263. The fourth-order valence-electron chi connectivity index (χ4n) is 2.86. The molecule has 0 bridgehead atoms. The molecule has 2 heterocycles. The van der Waals surface area contributed by atoms with E-state index in [-0.39, 0.29) is 30.7 Å². The third-order valence-electron chi connectivity index (χ3n) is 4.24. The molecule has 0 fully saturated rings. The number of benzene rings is 1. The number of rotatable bonds is 5. The van der Waals surface area contributed by atoms with Gasteiger partial charge in [-0.1, -0.05) is 17.7 Å². The number of imide groups is 1. The Morgan fingerprint density at radius 3 is 2.64 bits per heavy atom. The second kappa shape index (κ2) is 6.84. The summed E-state index contributed by atoms with van der Waals surface area (Å²) in [5.74, 6) is -0.786. The third-order valence-corrected chi connectivity index (χ3v) is 4.24. The molecule has 6 nitrogen and oxygen atoms in total. The maximum Gasteiger partial charge on any atom is 0.261 e. The van der Waals surface area contributed by atoms with Crippen molar-refractivity contribution in [2.75, 3.05) is 13.6 Å². The maximum absolute atomic E-state index is 12.4. The Bertz CT molecular complexity index is 833. The SMILES string of the molecule is Cc1ccc2c(c1)C(=O)N(CCC(=O)N(C)Cc1cccnc1)C2=O. The topological polar surface area (TPSA) is 70.6 Å². The van der Waals surface area contributed by atoms with Crippen molar-refractivity contribution in [2.45, 2.75) is 19.9 Å². The zero-order chi connectivity index (χ0) is 18.0. The van der Waals surface area contributed by atoms with Gasteiger partial charge in [0.15, 0.2) is 0 Å². The van der Waals surface area contributed by atoms with E-state index in [1.165, 1.54) is 0 Å². The summed E-state index contributed by atoms with van der Waals surface area (Å²) in [4.78, 5) is 43.8. The fourth-order valence-corrected chi connectivity index (χ4v) is 2.86. The second-order valence-corrected chi connectivity index (χ2v) is 6.17. The maximum atomic E-state index is 12.4. The highest BCUT2D eigenvalue weighted by Gasteiger charge is 2.35. The largest absolute Gasteiger partial charge is 0.341 e. The van der Waals surface area contributed by atoms with Gasteiger partial charge in [0.1, 0.15) is 0 Å². The van der Waals surface area contributed by atoms with Gasteiger partial charge in [0.2, 0.25) is 5.91 Å². The molecule has 1 aromatic carbocycles. The van der Waals surface area contributed by atoms with Crippen molar-refractivity contribution in [2.24, 2.45) is 0 Å². The third kappa shape index (κ3) is 3.42. The van der Waals surface area contributed by atoms with Crippen molar-refractivity contribution in [3.8, 4) is 0 Å². The summed E-state index contributed by atoms with van der Waals surface area (Å²) in [5, 5.41) is 0. The van der Waals surface area contributed by atoms with Crippen LogP contribution in [-0.4, -0.2) is 46.1 Å². The molecular formula is C19H19N3O3. The number of nitrogens with zero attached hydrogens (tertiary/aromatic N) is 3. The Labute approximate surface area is 146 Å². The molecule has 3 amide bonds. The first-order valence-corrected chi connectivity index (χ1v) is 8.07. The summed E-state index contributed by atoms with van der Waals surface area (Å²) < 4.78 is 0. The van der Waals surface area contributed by atoms with Crippen LogP contribution in [0.2, 0.25) is 0 Å². The highest BCUT2D eigenvalue weighted by atomic mass is 16.2. The first-order valence-electron chi connectivity index (χ1n) is 8.07. The molecule has 6 heteroatoms. The summed E-state index contributed by atoms with van der Waals surface area (Å²) in [6, 6.07) is 8.89. The number of carbonyl (C=O) groups is 3. The van der Waals surface area contributed by atoms with E-state index in [9.17, 15) is 14.4 Å². The predicted octanol–water partition coefficient (Wildman–Crippen LogP) is 2.03. The van der Waals surface area contributed by atoms with Gasteiger partial charge in [-0.3, -0.25) is 24.3 Å². The zero-order valence-electron chi connectivity index (χ0n) is 14.2. The summed E-state index contributed by atoms with van der Waals surface area (Å²) in [7, 11) is 1.70. The number of aromatic nitrogens is 1. The van der Waals surface area contributed by atoms with Gasteiger partial charge in [0.05, 0.1) is 11.1 Å². The summed E-state index contributed by atoms with van der Waals surface area (Å²) in [6.07, 6.45) is 3.48. The molecular weight excluding hydrogens is 318 g/mol. The Hall–Kier alpha value is -3.02. The van der Waals surface area contributed by atoms with Gasteiger partial charge in [-0.15, -0.1) is 0 Å². The summed E-state index contributed by atoms with van der Waals surface area (Å²) >= 11 is 0. The summed E-state index contributed by atoms with van der Waals surface area (Å²) in [6.45, 7) is 2.40. The smallest absolute Gasteiger partial charge is 0.261 e. The average Bonchev–Trinajstić information content (AvgIpc) is 2.84. The Morgan fingerprint density at radius 2 is 1.92 bits per heavy atom. The summed E-state index contributed by atoms with van der Waals surface area (Å²) in [5.41, 5.74) is 2.68. The second-order valence-electron chi connectivity index (χ2n) is 6.17. The number of aryl methyl sites for hydroxylation is 1. The van der Waals surface area contributed by atoms with Crippen molar-refractivity contribution >= 4 is 17.7 Å². The quantitative estimate of drug-likeness (QED) is 0.783. The van der Waals surface area contributed by atoms with Crippen LogP contribution in [0.1, 0.15) is 38.3 Å². The molecule has 1 aliphatic rings. The number of hydrogen-bond donors (Lipinski definition) is 0. The number of hydrogen-bond acceptors (Lipinski definition) is 4. The highest BCUT2D eigenvalue weighted by molar-refractivity contribution is 6.21. The lowest BCUT2D eigenvalue weighted by Crippen LogP contribution is -2.35. The van der Waals surface area contributed by atoms with Crippen molar-refractivity contribution in [3.05, 3.63) is 65.0 Å². The van der Waals surface area contributed by atoms with E-state index in [1.807, 2.05) is 19.1 Å². The normalized spacial score (nSPS) is 13.1. The minimum absolute atomic E-state index is 0.0849. The van der Waals surface area contributed by atoms with Gasteiger partial charge >= 0.3 is 0 Å². The number of amides is 3. The number of pyridine rings is 1. The van der Waals surface area contributed by atoms with E-state index in [4.69, 9.17) is 0 Å². The molecule has 0 atom stereocenters. The minimum atomic E-state index is -0.331. The van der Waals surface area contributed by atoms with Crippen LogP contribution in [0.3, 0.4) is 0 Å². The highest BCUT2D eigenvalue weighted by Crippen LogP contribution is 2.24. The molecule has 0 radical (unpaired) electrons. The molecule has 0 saturated heterocycles. The molecule has 25 heavy (non-hydrogen) atoms. The number of carbonyl (C=O) groups excluding carboxylic acids is 3. The van der Waals surface area contributed by atoms with Crippen molar-refractivity contribution in [3.63, 3.8) is 0 Å². The predicted molar refractivity (Wildman–Crippen MR) is 91.9 cm³/mol. The lowest BCUT2D eigenvalue weighted by molar-refractivity contribution is -0.130. The van der Waals surface area contributed by atoms with Gasteiger partial charge in [0, 0.05) is 39.0 Å². The average molecular weight is 337 g/mol. The molecule has 2 aromatic rings. The van der Waals surface area contributed by atoms with Gasteiger partial charge < -0.3 is 4.90 Å². The zero-order valence-corrected chi connectivity index (χ0v) is 14.2. The lowest BCUT2D eigenvalue weighted by Gasteiger charge is -2.19. The molecule has 0 unspecified atom stereocenters. The molecule has 1 aromatic heterocycles. The Balaban J connectivity index is 1.61. The molecule has 0 spiro atoms. The van der Waals surface area contributed by atoms with Crippen molar-refractivity contribution in [1.82, 2.24) is 14.8 Å². The van der Waals surface area contributed by atoms with Gasteiger partial charge in [-0.25, -0.2) is 0 Å². The molecule has 0 saturated carbocycles. The standard InChI is InChI=1S/C19H19N3O3/c1-13-5-6-15-16(10-13)19(25)22(18(15)24)9-7-17(23)21(2)12-14-4-3-8-20-11-14/h3-6,8,10-11H,7,9,12H2,1-2H3. The van der Waals surface area contributed by atoms with Gasteiger partial charge in [-0.2, -0.15) is 0 Å². The van der Waals surface area contributed by atoms with E-state index < -0.39 is 0 Å². The van der Waals surface area contributed by atoms with Gasteiger partial charge in [0.25, 0.3) is 11.8 Å². The van der Waals surface area contributed by atoms with Crippen LogP contribution in [0.4, 0.5) is 0 Å². The van der Waals surface area contributed by atoms with Crippen molar-refractivity contribution in [1.29, 1.82) is 0 Å². The van der Waals surface area contributed by atoms with Crippen LogP contribution in [0.5, 0.6) is 0 Å². The lowest BCUT2D eigenvalue weighted by atomic mass is 10.1.